The zero-order valence-electron chi connectivity index (χ0n) is 11.5. The highest BCUT2D eigenvalue weighted by Crippen LogP contribution is 2.13. The Balaban J connectivity index is 2.82. The van der Waals surface area contributed by atoms with Gasteiger partial charge in [0.2, 0.25) is 0 Å². The molecule has 0 bridgehead atoms. The zero-order valence-corrected chi connectivity index (χ0v) is 11.5. The molecule has 1 unspecified atom stereocenters. The van der Waals surface area contributed by atoms with Crippen molar-refractivity contribution in [1.29, 1.82) is 0 Å². The van der Waals surface area contributed by atoms with E-state index < -0.39 is 0 Å². The van der Waals surface area contributed by atoms with Gasteiger partial charge in [0, 0.05) is 19.0 Å². The van der Waals surface area contributed by atoms with E-state index >= 15 is 0 Å². The number of nitrogens with one attached hydrogen (secondary N) is 2. The Hall–Kier alpha value is -1.36. The van der Waals surface area contributed by atoms with Gasteiger partial charge in [0.1, 0.15) is 17.5 Å². The second-order valence-electron chi connectivity index (χ2n) is 4.27. The highest BCUT2D eigenvalue weighted by Gasteiger charge is 2.08. The smallest absolute Gasteiger partial charge is 0.132 e. The summed E-state index contributed by atoms with van der Waals surface area (Å²) in [6.45, 7) is 7.20. The van der Waals surface area contributed by atoms with Crippen LogP contribution in [0.1, 0.15) is 39.4 Å². The molecule has 1 heterocycles. The van der Waals surface area contributed by atoms with Crippen LogP contribution in [0.15, 0.2) is 6.07 Å². The molecule has 5 nitrogen and oxygen atoms in total. The van der Waals surface area contributed by atoms with E-state index in [9.17, 15) is 5.11 Å². The molecule has 0 spiro atoms. The summed E-state index contributed by atoms with van der Waals surface area (Å²) in [5.74, 6) is 2.44. The molecular formula is C13H24N4O. The quantitative estimate of drug-likeness (QED) is 0.660. The van der Waals surface area contributed by atoms with Gasteiger partial charge in [-0.3, -0.25) is 0 Å². The minimum absolute atomic E-state index is 0.0450. The molecule has 0 aliphatic heterocycles. The van der Waals surface area contributed by atoms with Gasteiger partial charge < -0.3 is 15.7 Å². The van der Waals surface area contributed by atoms with E-state index in [4.69, 9.17) is 0 Å². The van der Waals surface area contributed by atoms with E-state index in [2.05, 4.69) is 27.5 Å². The number of hydrogen-bond acceptors (Lipinski definition) is 5. The number of nitrogens with zero attached hydrogens (tertiary/aromatic N) is 2. The molecule has 1 atom stereocenters. The van der Waals surface area contributed by atoms with Crippen molar-refractivity contribution in [2.75, 3.05) is 23.8 Å². The third kappa shape index (κ3) is 4.49. The van der Waals surface area contributed by atoms with Crippen LogP contribution in [-0.4, -0.2) is 34.3 Å². The van der Waals surface area contributed by atoms with Crippen LogP contribution in [-0.2, 0) is 6.42 Å². The van der Waals surface area contributed by atoms with Crippen molar-refractivity contribution < 1.29 is 5.11 Å². The Morgan fingerprint density at radius 1 is 1.22 bits per heavy atom. The highest BCUT2D eigenvalue weighted by molar-refractivity contribution is 5.48. The molecule has 1 aromatic rings. The normalized spacial score (nSPS) is 12.2. The Kier molecular flexibility index (Phi) is 6.43. The summed E-state index contributed by atoms with van der Waals surface area (Å²) >= 11 is 0. The van der Waals surface area contributed by atoms with Gasteiger partial charge in [-0.1, -0.05) is 20.8 Å². The average Bonchev–Trinajstić information content (AvgIpc) is 2.42. The van der Waals surface area contributed by atoms with Crippen molar-refractivity contribution in [3.63, 3.8) is 0 Å². The summed E-state index contributed by atoms with van der Waals surface area (Å²) in [6, 6.07) is 1.94. The van der Waals surface area contributed by atoms with Gasteiger partial charge in [-0.15, -0.1) is 0 Å². The molecule has 0 aliphatic carbocycles. The number of aromatic nitrogens is 2. The molecular weight excluding hydrogens is 228 g/mol. The molecule has 18 heavy (non-hydrogen) atoms. The maximum absolute atomic E-state index is 9.20. The molecule has 5 heteroatoms. The molecule has 0 aliphatic rings. The molecule has 0 saturated heterocycles. The van der Waals surface area contributed by atoms with Crippen LogP contribution in [0.2, 0.25) is 0 Å². The van der Waals surface area contributed by atoms with E-state index in [0.29, 0.717) is 0 Å². The van der Waals surface area contributed by atoms with Crippen molar-refractivity contribution in [3.05, 3.63) is 11.9 Å². The first-order valence-electron chi connectivity index (χ1n) is 6.72. The van der Waals surface area contributed by atoms with Crippen molar-refractivity contribution >= 4 is 11.6 Å². The minimum Gasteiger partial charge on any atom is -0.394 e. The number of aryl methyl sites for hydroxylation is 1. The van der Waals surface area contributed by atoms with Crippen molar-refractivity contribution in [1.82, 2.24) is 9.97 Å². The first-order chi connectivity index (χ1) is 8.73. The monoisotopic (exact) mass is 252 g/mol. The molecule has 0 amide bonds. The summed E-state index contributed by atoms with van der Waals surface area (Å²) in [6.07, 6.45) is 2.72. The fourth-order valence-corrected chi connectivity index (χ4v) is 1.56. The zero-order chi connectivity index (χ0) is 13.4. The molecule has 0 radical (unpaired) electrons. The van der Waals surface area contributed by atoms with Gasteiger partial charge in [-0.2, -0.15) is 0 Å². The third-order valence-electron chi connectivity index (χ3n) is 2.71. The van der Waals surface area contributed by atoms with E-state index in [-0.39, 0.29) is 12.6 Å². The summed E-state index contributed by atoms with van der Waals surface area (Å²) < 4.78 is 0. The fourth-order valence-electron chi connectivity index (χ4n) is 1.56. The number of hydrogen-bond donors (Lipinski definition) is 3. The number of rotatable bonds is 8. The lowest BCUT2D eigenvalue weighted by Crippen LogP contribution is -2.23. The number of aliphatic hydroxyl groups is 1. The molecule has 0 fully saturated rings. The average molecular weight is 252 g/mol. The predicted octanol–water partition coefficient (Wildman–Crippen LogP) is 2.04. The van der Waals surface area contributed by atoms with Gasteiger partial charge in [0.25, 0.3) is 0 Å². The third-order valence-corrected chi connectivity index (χ3v) is 2.71. The first kappa shape index (κ1) is 14.7. The van der Waals surface area contributed by atoms with Crippen LogP contribution in [0.4, 0.5) is 11.6 Å². The molecule has 3 N–H and O–H groups in total. The van der Waals surface area contributed by atoms with Crippen LogP contribution in [0.25, 0.3) is 0 Å². The van der Waals surface area contributed by atoms with E-state index in [1.165, 1.54) is 0 Å². The molecule has 102 valence electrons. The van der Waals surface area contributed by atoms with Crippen LogP contribution >= 0.6 is 0 Å². The summed E-state index contributed by atoms with van der Waals surface area (Å²) in [7, 11) is 0. The highest BCUT2D eigenvalue weighted by atomic mass is 16.3. The fraction of sp³-hybridized carbons (Fsp3) is 0.692. The van der Waals surface area contributed by atoms with Crippen molar-refractivity contribution in [3.8, 4) is 0 Å². The standard InChI is InChI=1S/C13H24N4O/c1-4-7-14-12-8-13(15-10(5-2)9-18)17-11(6-3)16-12/h8,10,18H,4-7,9H2,1-3H3,(H2,14,15,16,17). The van der Waals surface area contributed by atoms with Crippen LogP contribution in [0, 0.1) is 0 Å². The SMILES string of the molecule is CCCNc1cc(NC(CC)CO)nc(CC)n1. The molecule has 0 saturated carbocycles. The summed E-state index contributed by atoms with van der Waals surface area (Å²) in [4.78, 5) is 8.85. The second kappa shape index (κ2) is 7.87. The first-order valence-corrected chi connectivity index (χ1v) is 6.72. The van der Waals surface area contributed by atoms with E-state index in [1.54, 1.807) is 0 Å². The Morgan fingerprint density at radius 3 is 2.50 bits per heavy atom. The lowest BCUT2D eigenvalue weighted by molar-refractivity contribution is 0.271. The second-order valence-corrected chi connectivity index (χ2v) is 4.27. The summed E-state index contributed by atoms with van der Waals surface area (Å²) in [5, 5.41) is 15.7. The lowest BCUT2D eigenvalue weighted by Gasteiger charge is -2.16. The van der Waals surface area contributed by atoms with E-state index in [0.717, 1.165) is 43.3 Å². The van der Waals surface area contributed by atoms with Gasteiger partial charge in [0.15, 0.2) is 0 Å². The lowest BCUT2D eigenvalue weighted by atomic mass is 10.2. The Labute approximate surface area is 109 Å². The molecule has 1 rings (SSSR count). The van der Waals surface area contributed by atoms with Crippen LogP contribution in [0.3, 0.4) is 0 Å². The Morgan fingerprint density at radius 2 is 1.94 bits per heavy atom. The number of aliphatic hydroxyl groups excluding tert-OH is 1. The molecule has 1 aromatic heterocycles. The Bertz CT molecular complexity index is 353. The molecule has 0 aromatic carbocycles. The summed E-state index contributed by atoms with van der Waals surface area (Å²) in [5.41, 5.74) is 0. The maximum atomic E-state index is 9.20. The minimum atomic E-state index is 0.0450. The number of anilines is 2. The van der Waals surface area contributed by atoms with Crippen LogP contribution < -0.4 is 10.6 Å². The van der Waals surface area contributed by atoms with E-state index in [1.807, 2.05) is 19.9 Å². The predicted molar refractivity (Wildman–Crippen MR) is 75.0 cm³/mol. The van der Waals surface area contributed by atoms with Crippen molar-refractivity contribution in [2.24, 2.45) is 0 Å². The van der Waals surface area contributed by atoms with Crippen LogP contribution in [0.5, 0.6) is 0 Å². The van der Waals surface area contributed by atoms with Gasteiger partial charge in [-0.25, -0.2) is 9.97 Å². The van der Waals surface area contributed by atoms with Gasteiger partial charge in [0.05, 0.1) is 12.6 Å². The maximum Gasteiger partial charge on any atom is 0.132 e. The van der Waals surface area contributed by atoms with Crippen molar-refractivity contribution in [2.45, 2.75) is 46.1 Å². The van der Waals surface area contributed by atoms with Gasteiger partial charge in [-0.05, 0) is 12.8 Å². The topological polar surface area (TPSA) is 70.1 Å². The largest absolute Gasteiger partial charge is 0.394 e. The van der Waals surface area contributed by atoms with Gasteiger partial charge >= 0.3 is 0 Å².